The maximum atomic E-state index is 6.00. The number of hydrogen-bond acceptors (Lipinski definition) is 3. The lowest BCUT2D eigenvalue weighted by Gasteiger charge is -2.10. The van der Waals surface area contributed by atoms with E-state index in [1.54, 1.807) is 14.2 Å². The number of hydrogen-bond donors (Lipinski definition) is 1. The highest BCUT2D eigenvalue weighted by molar-refractivity contribution is 6.33. The van der Waals surface area contributed by atoms with Gasteiger partial charge in [0.2, 0.25) is 0 Å². The number of rotatable bonds is 4. The quantitative estimate of drug-likeness (QED) is 0.834. The molecule has 78 valence electrons. The highest BCUT2D eigenvalue weighted by atomic mass is 35.5. The van der Waals surface area contributed by atoms with Crippen molar-refractivity contribution in [2.75, 3.05) is 20.8 Å². The van der Waals surface area contributed by atoms with E-state index in [0.29, 0.717) is 23.1 Å². The summed E-state index contributed by atoms with van der Waals surface area (Å²) in [4.78, 5) is 0. The number of halogens is 1. The molecule has 0 spiro atoms. The first-order valence-electron chi connectivity index (χ1n) is 4.33. The van der Waals surface area contributed by atoms with Crippen LogP contribution >= 0.6 is 11.6 Å². The molecule has 4 heteroatoms. The number of ether oxygens (including phenoxy) is 2. The summed E-state index contributed by atoms with van der Waals surface area (Å²) in [6.07, 6.45) is 0.782. The second-order valence-corrected chi connectivity index (χ2v) is 3.23. The fraction of sp³-hybridized carbons (Fsp3) is 0.400. The van der Waals surface area contributed by atoms with Crippen LogP contribution in [-0.2, 0) is 6.42 Å². The van der Waals surface area contributed by atoms with E-state index >= 15 is 0 Å². The van der Waals surface area contributed by atoms with E-state index in [4.69, 9.17) is 26.8 Å². The molecule has 0 unspecified atom stereocenters. The molecular weight excluding hydrogens is 202 g/mol. The van der Waals surface area contributed by atoms with Crippen LogP contribution in [0.5, 0.6) is 11.5 Å². The van der Waals surface area contributed by atoms with Gasteiger partial charge in [0.1, 0.15) is 16.5 Å². The van der Waals surface area contributed by atoms with Crippen LogP contribution in [0.1, 0.15) is 5.56 Å². The minimum atomic E-state index is 0.496. The van der Waals surface area contributed by atoms with E-state index in [9.17, 15) is 0 Å². The molecule has 0 saturated carbocycles. The van der Waals surface area contributed by atoms with Gasteiger partial charge in [0.15, 0.2) is 0 Å². The second kappa shape index (κ2) is 5.08. The molecule has 0 radical (unpaired) electrons. The van der Waals surface area contributed by atoms with Gasteiger partial charge in [-0.3, -0.25) is 0 Å². The summed E-state index contributed by atoms with van der Waals surface area (Å²) in [6.45, 7) is 0.591. The molecule has 3 nitrogen and oxygen atoms in total. The Kier molecular flexibility index (Phi) is 4.04. The predicted molar refractivity (Wildman–Crippen MR) is 57.3 cm³/mol. The number of benzene rings is 1. The summed E-state index contributed by atoms with van der Waals surface area (Å²) >= 11 is 6.00. The molecule has 1 rings (SSSR count). The van der Waals surface area contributed by atoms with Crippen LogP contribution in [0.3, 0.4) is 0 Å². The van der Waals surface area contributed by atoms with E-state index < -0.39 is 0 Å². The van der Waals surface area contributed by atoms with E-state index in [2.05, 4.69) is 0 Å². The van der Waals surface area contributed by atoms with Gasteiger partial charge in [-0.1, -0.05) is 11.6 Å². The Balaban J connectivity index is 3.11. The average Bonchev–Trinajstić information content (AvgIpc) is 2.20. The van der Waals surface area contributed by atoms with E-state index in [1.165, 1.54) is 0 Å². The lowest BCUT2D eigenvalue weighted by atomic mass is 10.1. The van der Waals surface area contributed by atoms with E-state index in [1.807, 2.05) is 12.1 Å². The van der Waals surface area contributed by atoms with Crippen molar-refractivity contribution in [1.29, 1.82) is 0 Å². The maximum absolute atomic E-state index is 6.00. The van der Waals surface area contributed by atoms with Gasteiger partial charge in [0.05, 0.1) is 14.2 Å². The van der Waals surface area contributed by atoms with Gasteiger partial charge in [-0.15, -0.1) is 0 Å². The smallest absolute Gasteiger partial charge is 0.141 e. The molecular formula is C10H14ClNO2. The first-order chi connectivity index (χ1) is 6.72. The Hall–Kier alpha value is -0.930. The molecule has 1 aromatic carbocycles. The zero-order chi connectivity index (χ0) is 10.6. The molecule has 14 heavy (non-hydrogen) atoms. The summed E-state index contributed by atoms with van der Waals surface area (Å²) in [6, 6.07) is 3.75. The molecule has 0 amide bonds. The van der Waals surface area contributed by atoms with Crippen LogP contribution in [0.2, 0.25) is 5.02 Å². The molecule has 0 aliphatic heterocycles. The van der Waals surface area contributed by atoms with Crippen LogP contribution in [0.15, 0.2) is 12.1 Å². The first kappa shape index (κ1) is 11.1. The summed E-state index contributed by atoms with van der Waals surface area (Å²) in [5.74, 6) is 1.24. The molecule has 0 aliphatic rings. The fourth-order valence-electron chi connectivity index (χ4n) is 1.23. The zero-order valence-corrected chi connectivity index (χ0v) is 9.10. The highest BCUT2D eigenvalue weighted by Gasteiger charge is 2.09. The Morgan fingerprint density at radius 1 is 1.21 bits per heavy atom. The third kappa shape index (κ3) is 2.30. The van der Waals surface area contributed by atoms with Crippen molar-refractivity contribution < 1.29 is 9.47 Å². The van der Waals surface area contributed by atoms with Gasteiger partial charge in [-0.2, -0.15) is 0 Å². The van der Waals surface area contributed by atoms with Crippen molar-refractivity contribution >= 4 is 11.6 Å². The molecule has 0 aromatic heterocycles. The normalized spacial score (nSPS) is 10.0. The summed E-state index contributed by atoms with van der Waals surface area (Å²) < 4.78 is 10.2. The number of nitrogens with two attached hydrogens (primary N) is 1. The molecule has 2 N–H and O–H groups in total. The van der Waals surface area contributed by atoms with Crippen molar-refractivity contribution in [3.8, 4) is 11.5 Å². The Morgan fingerprint density at radius 3 is 2.07 bits per heavy atom. The molecule has 0 aliphatic carbocycles. The third-order valence-corrected chi connectivity index (χ3v) is 2.31. The standard InChI is InChI=1S/C10H14ClNO2/c1-13-8-5-7(3-4-12)6-9(14-2)10(8)11/h5-6H,3-4,12H2,1-2H3. The summed E-state index contributed by atoms with van der Waals surface area (Å²) in [5.41, 5.74) is 6.53. The lowest BCUT2D eigenvalue weighted by Crippen LogP contribution is -2.03. The highest BCUT2D eigenvalue weighted by Crippen LogP contribution is 2.35. The van der Waals surface area contributed by atoms with Crippen LogP contribution in [0.25, 0.3) is 0 Å². The van der Waals surface area contributed by atoms with Crippen molar-refractivity contribution in [2.24, 2.45) is 5.73 Å². The Morgan fingerprint density at radius 2 is 1.71 bits per heavy atom. The van der Waals surface area contributed by atoms with Gasteiger partial charge in [-0.25, -0.2) is 0 Å². The summed E-state index contributed by atoms with van der Waals surface area (Å²) in [5, 5.41) is 0.496. The van der Waals surface area contributed by atoms with Gasteiger partial charge in [-0.05, 0) is 30.7 Å². The van der Waals surface area contributed by atoms with E-state index in [-0.39, 0.29) is 0 Å². The molecule has 0 heterocycles. The van der Waals surface area contributed by atoms with Crippen molar-refractivity contribution in [1.82, 2.24) is 0 Å². The maximum Gasteiger partial charge on any atom is 0.141 e. The van der Waals surface area contributed by atoms with Gasteiger partial charge in [0.25, 0.3) is 0 Å². The van der Waals surface area contributed by atoms with Crippen LogP contribution < -0.4 is 15.2 Å². The third-order valence-electron chi connectivity index (χ3n) is 1.94. The molecule has 0 atom stereocenters. The van der Waals surface area contributed by atoms with Gasteiger partial charge >= 0.3 is 0 Å². The topological polar surface area (TPSA) is 44.5 Å². The van der Waals surface area contributed by atoms with Crippen LogP contribution in [0.4, 0.5) is 0 Å². The minimum absolute atomic E-state index is 0.496. The molecule has 0 fully saturated rings. The minimum Gasteiger partial charge on any atom is -0.495 e. The van der Waals surface area contributed by atoms with Gasteiger partial charge in [0, 0.05) is 0 Å². The van der Waals surface area contributed by atoms with Crippen molar-refractivity contribution in [3.05, 3.63) is 22.7 Å². The molecule has 0 saturated heterocycles. The first-order valence-corrected chi connectivity index (χ1v) is 4.71. The predicted octanol–water partition coefficient (Wildman–Crippen LogP) is 1.86. The monoisotopic (exact) mass is 215 g/mol. The van der Waals surface area contributed by atoms with Crippen molar-refractivity contribution in [2.45, 2.75) is 6.42 Å². The SMILES string of the molecule is COc1cc(CCN)cc(OC)c1Cl. The molecule has 1 aromatic rings. The van der Waals surface area contributed by atoms with E-state index in [0.717, 1.165) is 12.0 Å². The Bertz CT molecular complexity index is 290. The Labute approximate surface area is 88.8 Å². The van der Waals surface area contributed by atoms with Crippen LogP contribution in [0, 0.1) is 0 Å². The second-order valence-electron chi connectivity index (χ2n) is 2.85. The van der Waals surface area contributed by atoms with Crippen molar-refractivity contribution in [3.63, 3.8) is 0 Å². The summed E-state index contributed by atoms with van der Waals surface area (Å²) in [7, 11) is 3.15. The van der Waals surface area contributed by atoms with Crippen LogP contribution in [-0.4, -0.2) is 20.8 Å². The lowest BCUT2D eigenvalue weighted by molar-refractivity contribution is 0.394. The number of methoxy groups -OCH3 is 2. The molecule has 0 bridgehead atoms. The van der Waals surface area contributed by atoms with Gasteiger partial charge < -0.3 is 15.2 Å². The fourth-order valence-corrected chi connectivity index (χ4v) is 1.50. The largest absolute Gasteiger partial charge is 0.495 e. The zero-order valence-electron chi connectivity index (χ0n) is 8.34. The average molecular weight is 216 g/mol.